The summed E-state index contributed by atoms with van der Waals surface area (Å²) in [5.41, 5.74) is 0.918. The number of hydrogen-bond donors (Lipinski definition) is 1. The van der Waals surface area contributed by atoms with Gasteiger partial charge in [0.1, 0.15) is 11.6 Å². The second-order valence-electron chi connectivity index (χ2n) is 6.44. The molecule has 5 nitrogen and oxygen atoms in total. The maximum atomic E-state index is 12.5. The molecule has 2 atom stereocenters. The van der Waals surface area contributed by atoms with Gasteiger partial charge in [-0.05, 0) is 44.7 Å². The topological polar surface area (TPSA) is 66.8 Å². The van der Waals surface area contributed by atoms with E-state index in [-0.39, 0.29) is 5.92 Å². The molecule has 1 aliphatic heterocycles. The monoisotopic (exact) mass is 291 g/mol. The smallest absolute Gasteiger partial charge is 0.415 e. The van der Waals surface area contributed by atoms with Crippen LogP contribution in [0.3, 0.4) is 0 Å². The molecule has 0 spiro atoms. The molecule has 1 N–H and O–H groups in total. The van der Waals surface area contributed by atoms with Crippen molar-refractivity contribution in [2.75, 3.05) is 4.90 Å². The molecule has 0 aliphatic carbocycles. The van der Waals surface area contributed by atoms with Crippen LogP contribution in [0.2, 0.25) is 0 Å². The molecule has 1 amide bonds. The highest BCUT2D eigenvalue weighted by Crippen LogP contribution is 2.35. The zero-order chi connectivity index (χ0) is 15.8. The zero-order valence-corrected chi connectivity index (χ0v) is 12.8. The van der Waals surface area contributed by atoms with Crippen molar-refractivity contribution < 1.29 is 19.4 Å². The Morgan fingerprint density at radius 3 is 2.48 bits per heavy atom. The number of carbonyl (C=O) groups excluding carboxylic acids is 1. The minimum Gasteiger partial charge on any atom is -0.480 e. The number of rotatable bonds is 1. The van der Waals surface area contributed by atoms with Gasteiger partial charge in [-0.3, -0.25) is 4.90 Å². The maximum Gasteiger partial charge on any atom is 0.415 e. The summed E-state index contributed by atoms with van der Waals surface area (Å²) < 4.78 is 5.39. The second kappa shape index (κ2) is 5.39. The second-order valence-corrected chi connectivity index (χ2v) is 6.44. The normalized spacial score (nSPS) is 21.6. The summed E-state index contributed by atoms with van der Waals surface area (Å²) in [4.78, 5) is 25.4. The van der Waals surface area contributed by atoms with Gasteiger partial charge >= 0.3 is 12.1 Å². The van der Waals surface area contributed by atoms with E-state index in [4.69, 9.17) is 4.74 Å². The van der Waals surface area contributed by atoms with Crippen molar-refractivity contribution in [3.8, 4) is 0 Å². The Labute approximate surface area is 124 Å². The molecule has 0 unspecified atom stereocenters. The van der Waals surface area contributed by atoms with Gasteiger partial charge in [0.15, 0.2) is 0 Å². The zero-order valence-electron chi connectivity index (χ0n) is 12.8. The minimum atomic E-state index is -1.01. The Balaban J connectivity index is 2.46. The summed E-state index contributed by atoms with van der Waals surface area (Å²) >= 11 is 0. The molecule has 0 aromatic heterocycles. The number of anilines is 1. The lowest BCUT2D eigenvalue weighted by molar-refractivity contribution is -0.140. The predicted molar refractivity (Wildman–Crippen MR) is 79.4 cm³/mol. The van der Waals surface area contributed by atoms with Gasteiger partial charge in [-0.2, -0.15) is 0 Å². The Kier molecular flexibility index (Phi) is 3.94. The number of aliphatic carboxylic acids is 1. The van der Waals surface area contributed by atoms with E-state index in [0.717, 1.165) is 5.56 Å². The van der Waals surface area contributed by atoms with E-state index in [1.165, 1.54) is 4.90 Å². The summed E-state index contributed by atoms with van der Waals surface area (Å²) in [5, 5.41) is 9.50. The maximum absolute atomic E-state index is 12.5. The van der Waals surface area contributed by atoms with Crippen LogP contribution in [0.5, 0.6) is 0 Å². The molecule has 5 heteroatoms. The molecule has 0 saturated heterocycles. The average Bonchev–Trinajstić information content (AvgIpc) is 2.34. The molecule has 1 aliphatic rings. The summed E-state index contributed by atoms with van der Waals surface area (Å²) in [6.45, 7) is 7.13. The number of carbonyl (C=O) groups is 2. The number of amides is 1. The highest BCUT2D eigenvalue weighted by Gasteiger charge is 2.41. The van der Waals surface area contributed by atoms with Crippen molar-refractivity contribution in [1.82, 2.24) is 0 Å². The first-order chi connectivity index (χ1) is 9.70. The van der Waals surface area contributed by atoms with Crippen LogP contribution in [0.15, 0.2) is 24.3 Å². The van der Waals surface area contributed by atoms with Gasteiger partial charge in [0.25, 0.3) is 0 Å². The molecular formula is C16H21NO4. The first-order valence-corrected chi connectivity index (χ1v) is 7.03. The summed E-state index contributed by atoms with van der Waals surface area (Å²) in [7, 11) is 0. The number of hydrogen-bond acceptors (Lipinski definition) is 3. The third-order valence-corrected chi connectivity index (χ3v) is 3.45. The number of nitrogens with zero attached hydrogens (tertiary/aromatic N) is 1. The van der Waals surface area contributed by atoms with Crippen LogP contribution in [0, 0.1) is 5.92 Å². The Hall–Kier alpha value is -2.04. The van der Waals surface area contributed by atoms with Gasteiger partial charge in [-0.15, -0.1) is 0 Å². The van der Waals surface area contributed by atoms with E-state index in [2.05, 4.69) is 0 Å². The number of para-hydroxylation sites is 1. The van der Waals surface area contributed by atoms with Crippen molar-refractivity contribution in [2.45, 2.75) is 45.8 Å². The van der Waals surface area contributed by atoms with Gasteiger partial charge in [-0.1, -0.05) is 25.1 Å². The molecule has 0 saturated carbocycles. The van der Waals surface area contributed by atoms with E-state index < -0.39 is 23.7 Å². The molecule has 0 bridgehead atoms. The molecule has 0 radical (unpaired) electrons. The predicted octanol–water partition coefficient (Wildman–Crippen LogP) is 3.07. The molecule has 1 aromatic carbocycles. The summed E-state index contributed by atoms with van der Waals surface area (Å²) in [5.74, 6) is -1.19. The fourth-order valence-corrected chi connectivity index (χ4v) is 2.66. The number of ether oxygens (including phenoxy) is 1. The Bertz CT molecular complexity index is 562. The Morgan fingerprint density at radius 1 is 1.29 bits per heavy atom. The molecule has 2 rings (SSSR count). The molecule has 1 heterocycles. The lowest BCUT2D eigenvalue weighted by atomic mass is 9.87. The van der Waals surface area contributed by atoms with E-state index in [0.29, 0.717) is 12.1 Å². The van der Waals surface area contributed by atoms with Gasteiger partial charge in [0.05, 0.1) is 5.69 Å². The van der Waals surface area contributed by atoms with Crippen LogP contribution < -0.4 is 4.90 Å². The highest BCUT2D eigenvalue weighted by molar-refractivity contribution is 5.97. The highest BCUT2D eigenvalue weighted by atomic mass is 16.6. The lowest BCUT2D eigenvalue weighted by Crippen LogP contribution is -2.53. The lowest BCUT2D eigenvalue weighted by Gasteiger charge is -2.39. The van der Waals surface area contributed by atoms with Gasteiger partial charge < -0.3 is 9.84 Å². The largest absolute Gasteiger partial charge is 0.480 e. The quantitative estimate of drug-likeness (QED) is 0.863. The molecule has 0 fully saturated rings. The van der Waals surface area contributed by atoms with Crippen molar-refractivity contribution >= 4 is 17.7 Å². The van der Waals surface area contributed by atoms with Gasteiger partial charge in [0.2, 0.25) is 0 Å². The third-order valence-electron chi connectivity index (χ3n) is 3.45. The summed E-state index contributed by atoms with van der Waals surface area (Å²) in [6.07, 6.45) is 0.0146. The van der Waals surface area contributed by atoms with Crippen LogP contribution in [0.1, 0.15) is 33.3 Å². The van der Waals surface area contributed by atoms with E-state index in [9.17, 15) is 14.7 Å². The van der Waals surface area contributed by atoms with Crippen LogP contribution in [-0.4, -0.2) is 28.8 Å². The van der Waals surface area contributed by atoms with Crippen molar-refractivity contribution in [1.29, 1.82) is 0 Å². The van der Waals surface area contributed by atoms with E-state index in [1.807, 2.05) is 19.1 Å². The van der Waals surface area contributed by atoms with Crippen LogP contribution in [0.25, 0.3) is 0 Å². The minimum absolute atomic E-state index is 0.176. The van der Waals surface area contributed by atoms with Gasteiger partial charge in [0, 0.05) is 0 Å². The van der Waals surface area contributed by atoms with Crippen molar-refractivity contribution in [2.24, 2.45) is 5.92 Å². The van der Waals surface area contributed by atoms with E-state index >= 15 is 0 Å². The van der Waals surface area contributed by atoms with Crippen LogP contribution >= 0.6 is 0 Å². The fraction of sp³-hybridized carbons (Fsp3) is 0.500. The van der Waals surface area contributed by atoms with Crippen LogP contribution in [-0.2, 0) is 16.0 Å². The average molecular weight is 291 g/mol. The molecule has 1 aromatic rings. The number of fused-ring (bicyclic) bond motifs is 1. The first kappa shape index (κ1) is 15.4. The van der Waals surface area contributed by atoms with Crippen LogP contribution in [0.4, 0.5) is 10.5 Å². The number of carboxylic acid groups (broad SMARTS) is 1. The first-order valence-electron chi connectivity index (χ1n) is 7.03. The standard InChI is InChI=1S/C16H21NO4/c1-10-9-11-7-5-6-8-12(11)17(13(10)14(18)19)15(20)21-16(2,3)4/h5-8,10,13H,9H2,1-4H3,(H,18,19)/t10-,13+/m0/s1. The molecular weight excluding hydrogens is 270 g/mol. The summed E-state index contributed by atoms with van der Waals surface area (Å²) in [6, 6.07) is 6.46. The Morgan fingerprint density at radius 2 is 1.90 bits per heavy atom. The third kappa shape index (κ3) is 3.17. The van der Waals surface area contributed by atoms with E-state index in [1.54, 1.807) is 32.9 Å². The number of benzene rings is 1. The number of carboxylic acids is 1. The fourth-order valence-electron chi connectivity index (χ4n) is 2.66. The van der Waals surface area contributed by atoms with Crippen molar-refractivity contribution in [3.63, 3.8) is 0 Å². The van der Waals surface area contributed by atoms with Crippen molar-refractivity contribution in [3.05, 3.63) is 29.8 Å². The van der Waals surface area contributed by atoms with Gasteiger partial charge in [-0.25, -0.2) is 9.59 Å². The molecule has 114 valence electrons. The molecule has 21 heavy (non-hydrogen) atoms. The SMILES string of the molecule is C[C@H]1Cc2ccccc2N(C(=O)OC(C)(C)C)[C@H]1C(=O)O.